The standard InChI is InChI=1S/C17H23F3N2OS/c1-24-10-9-22-15(5-6-16(22)23)7-8-21-12-13-3-2-4-14(11-13)17(18,19)20/h2-4,11,15,21H,5-10,12H2,1H3. The number of amides is 1. The van der Waals surface area contributed by atoms with Crippen molar-refractivity contribution >= 4 is 17.7 Å². The fourth-order valence-electron chi connectivity index (χ4n) is 2.95. The van der Waals surface area contributed by atoms with E-state index in [0.29, 0.717) is 25.1 Å². The Balaban J connectivity index is 1.77. The van der Waals surface area contributed by atoms with Crippen LogP contribution in [0.3, 0.4) is 0 Å². The molecule has 1 aliphatic rings. The summed E-state index contributed by atoms with van der Waals surface area (Å²) in [7, 11) is 0. The summed E-state index contributed by atoms with van der Waals surface area (Å²) < 4.78 is 38.0. The maximum Gasteiger partial charge on any atom is 0.416 e. The number of hydrogen-bond acceptors (Lipinski definition) is 3. The first kappa shape index (κ1) is 19.1. The van der Waals surface area contributed by atoms with Gasteiger partial charge in [-0.15, -0.1) is 0 Å². The Labute approximate surface area is 145 Å². The lowest BCUT2D eigenvalue weighted by molar-refractivity contribution is -0.137. The molecule has 1 amide bonds. The van der Waals surface area contributed by atoms with Gasteiger partial charge in [0.2, 0.25) is 5.91 Å². The number of nitrogens with zero attached hydrogens (tertiary/aromatic N) is 1. The summed E-state index contributed by atoms with van der Waals surface area (Å²) in [6.07, 6.45) is 0.0222. The highest BCUT2D eigenvalue weighted by atomic mass is 32.2. The van der Waals surface area contributed by atoms with Crippen LogP contribution in [-0.2, 0) is 17.5 Å². The average Bonchev–Trinajstić information content (AvgIpc) is 2.89. The first-order chi connectivity index (χ1) is 11.4. The highest BCUT2D eigenvalue weighted by molar-refractivity contribution is 7.98. The van der Waals surface area contributed by atoms with Gasteiger partial charge in [0.15, 0.2) is 0 Å². The van der Waals surface area contributed by atoms with E-state index in [4.69, 9.17) is 0 Å². The van der Waals surface area contributed by atoms with Crippen molar-refractivity contribution in [3.05, 3.63) is 35.4 Å². The topological polar surface area (TPSA) is 32.3 Å². The Morgan fingerprint density at radius 2 is 2.17 bits per heavy atom. The molecule has 0 spiro atoms. The first-order valence-electron chi connectivity index (χ1n) is 8.07. The van der Waals surface area contributed by atoms with Gasteiger partial charge in [-0.25, -0.2) is 0 Å². The Kier molecular flexibility index (Phi) is 6.98. The van der Waals surface area contributed by atoms with Crippen molar-refractivity contribution in [2.75, 3.05) is 25.1 Å². The number of halogens is 3. The van der Waals surface area contributed by atoms with E-state index in [-0.39, 0.29) is 11.9 Å². The van der Waals surface area contributed by atoms with Crippen molar-refractivity contribution in [2.24, 2.45) is 0 Å². The predicted molar refractivity (Wildman–Crippen MR) is 90.9 cm³/mol. The van der Waals surface area contributed by atoms with Gasteiger partial charge in [0.1, 0.15) is 0 Å². The molecule has 0 aliphatic carbocycles. The maximum absolute atomic E-state index is 12.7. The van der Waals surface area contributed by atoms with Gasteiger partial charge >= 0.3 is 6.18 Å². The molecule has 3 nitrogen and oxygen atoms in total. The van der Waals surface area contributed by atoms with Gasteiger partial charge in [0.25, 0.3) is 0 Å². The van der Waals surface area contributed by atoms with Gasteiger partial charge in [-0.05, 0) is 37.3 Å². The van der Waals surface area contributed by atoms with Gasteiger partial charge in [0, 0.05) is 31.3 Å². The fraction of sp³-hybridized carbons (Fsp3) is 0.588. The van der Waals surface area contributed by atoms with Crippen LogP contribution in [0.25, 0.3) is 0 Å². The van der Waals surface area contributed by atoms with E-state index >= 15 is 0 Å². The van der Waals surface area contributed by atoms with Crippen molar-refractivity contribution < 1.29 is 18.0 Å². The molecule has 134 valence electrons. The summed E-state index contributed by atoms with van der Waals surface area (Å²) >= 11 is 1.72. The number of rotatable bonds is 8. The molecule has 1 aliphatic heterocycles. The Bertz CT molecular complexity index is 551. The second-order valence-corrected chi connectivity index (χ2v) is 6.92. The molecular formula is C17H23F3N2OS. The molecule has 1 aromatic rings. The van der Waals surface area contributed by atoms with Crippen LogP contribution in [0.4, 0.5) is 13.2 Å². The van der Waals surface area contributed by atoms with Gasteiger partial charge < -0.3 is 10.2 Å². The maximum atomic E-state index is 12.7. The van der Waals surface area contributed by atoms with E-state index in [9.17, 15) is 18.0 Å². The molecule has 0 aromatic heterocycles. The van der Waals surface area contributed by atoms with Crippen LogP contribution in [0.5, 0.6) is 0 Å². The highest BCUT2D eigenvalue weighted by Gasteiger charge is 2.31. The third-order valence-corrected chi connectivity index (χ3v) is 4.82. The second kappa shape index (κ2) is 8.76. The monoisotopic (exact) mass is 360 g/mol. The lowest BCUT2D eigenvalue weighted by Gasteiger charge is -2.24. The number of nitrogens with one attached hydrogen (secondary N) is 1. The summed E-state index contributed by atoms with van der Waals surface area (Å²) in [4.78, 5) is 13.8. The number of benzene rings is 1. The number of carbonyl (C=O) groups excluding carboxylic acids is 1. The zero-order valence-corrected chi connectivity index (χ0v) is 14.6. The number of hydrogen-bond donors (Lipinski definition) is 1. The van der Waals surface area contributed by atoms with Crippen LogP contribution >= 0.6 is 11.8 Å². The number of thioether (sulfide) groups is 1. The van der Waals surface area contributed by atoms with Crippen molar-refractivity contribution in [3.63, 3.8) is 0 Å². The van der Waals surface area contributed by atoms with Crippen LogP contribution < -0.4 is 5.32 Å². The van der Waals surface area contributed by atoms with E-state index in [2.05, 4.69) is 5.32 Å². The molecule has 1 aromatic carbocycles. The zero-order valence-electron chi connectivity index (χ0n) is 13.7. The van der Waals surface area contributed by atoms with Crippen molar-refractivity contribution in [1.29, 1.82) is 0 Å². The Hall–Kier alpha value is -1.21. The molecule has 1 fully saturated rings. The van der Waals surface area contributed by atoms with E-state index in [0.717, 1.165) is 31.2 Å². The Morgan fingerprint density at radius 1 is 1.38 bits per heavy atom. The molecule has 0 radical (unpaired) electrons. The number of alkyl halides is 3. The fourth-order valence-corrected chi connectivity index (χ4v) is 3.33. The first-order valence-corrected chi connectivity index (χ1v) is 9.46. The molecular weight excluding hydrogens is 337 g/mol. The molecule has 2 rings (SSSR count). The van der Waals surface area contributed by atoms with Crippen LogP contribution in [0, 0.1) is 0 Å². The normalized spacial score (nSPS) is 18.4. The zero-order chi connectivity index (χ0) is 17.6. The third kappa shape index (κ3) is 5.41. The molecule has 1 unspecified atom stereocenters. The average molecular weight is 360 g/mol. The van der Waals surface area contributed by atoms with Crippen molar-refractivity contribution in [1.82, 2.24) is 10.2 Å². The summed E-state index contributed by atoms with van der Waals surface area (Å²) in [6, 6.07) is 5.62. The van der Waals surface area contributed by atoms with Crippen LogP contribution in [0.1, 0.15) is 30.4 Å². The summed E-state index contributed by atoms with van der Waals surface area (Å²) in [5, 5.41) is 3.19. The van der Waals surface area contributed by atoms with Crippen LogP contribution in [-0.4, -0.2) is 41.9 Å². The van der Waals surface area contributed by atoms with E-state index in [1.807, 2.05) is 11.2 Å². The number of carbonyl (C=O) groups is 1. The second-order valence-electron chi connectivity index (χ2n) is 5.94. The molecule has 0 saturated carbocycles. The van der Waals surface area contributed by atoms with Gasteiger partial charge in [-0.3, -0.25) is 4.79 Å². The number of likely N-dealkylation sites (tertiary alicyclic amines) is 1. The quantitative estimate of drug-likeness (QED) is 0.720. The lowest BCUT2D eigenvalue weighted by atomic mass is 10.1. The molecule has 24 heavy (non-hydrogen) atoms. The minimum Gasteiger partial charge on any atom is -0.339 e. The molecule has 7 heteroatoms. The molecule has 1 saturated heterocycles. The van der Waals surface area contributed by atoms with E-state index in [1.54, 1.807) is 17.8 Å². The molecule has 1 atom stereocenters. The largest absolute Gasteiger partial charge is 0.416 e. The minimum atomic E-state index is -4.31. The van der Waals surface area contributed by atoms with Crippen LogP contribution in [0.15, 0.2) is 24.3 Å². The third-order valence-electron chi connectivity index (χ3n) is 4.23. The Morgan fingerprint density at radius 3 is 2.88 bits per heavy atom. The van der Waals surface area contributed by atoms with E-state index in [1.165, 1.54) is 12.1 Å². The summed E-state index contributed by atoms with van der Waals surface area (Å²) in [5.74, 6) is 1.15. The van der Waals surface area contributed by atoms with Crippen molar-refractivity contribution in [3.8, 4) is 0 Å². The SMILES string of the molecule is CSCCN1C(=O)CCC1CCNCc1cccc(C(F)(F)F)c1. The highest BCUT2D eigenvalue weighted by Crippen LogP contribution is 2.29. The van der Waals surface area contributed by atoms with Gasteiger partial charge in [0.05, 0.1) is 5.56 Å². The van der Waals surface area contributed by atoms with E-state index < -0.39 is 11.7 Å². The predicted octanol–water partition coefficient (Wildman–Crippen LogP) is 3.54. The summed E-state index contributed by atoms with van der Waals surface area (Å²) in [6.45, 7) is 1.86. The van der Waals surface area contributed by atoms with Crippen LogP contribution in [0.2, 0.25) is 0 Å². The molecule has 0 bridgehead atoms. The van der Waals surface area contributed by atoms with Crippen molar-refractivity contribution in [2.45, 2.75) is 38.0 Å². The lowest BCUT2D eigenvalue weighted by Crippen LogP contribution is -2.36. The molecule has 1 heterocycles. The molecule has 1 N–H and O–H groups in total. The smallest absolute Gasteiger partial charge is 0.339 e. The minimum absolute atomic E-state index is 0.215. The van der Waals surface area contributed by atoms with Gasteiger partial charge in [-0.2, -0.15) is 24.9 Å². The van der Waals surface area contributed by atoms with Gasteiger partial charge in [-0.1, -0.05) is 18.2 Å². The summed E-state index contributed by atoms with van der Waals surface area (Å²) in [5.41, 5.74) is -0.00186.